The SMILES string of the molecule is CC1Oc2ccc(-c3csc(NC(=O)/C=C/c4ccc(OCc5ccccc5)cc4)n3)cc2N(C)C1=O. The van der Waals surface area contributed by atoms with Gasteiger partial charge in [0.2, 0.25) is 5.91 Å². The topological polar surface area (TPSA) is 80.8 Å². The Bertz CT molecular complexity index is 1450. The Morgan fingerprint density at radius 3 is 2.70 bits per heavy atom. The number of amides is 2. The van der Waals surface area contributed by atoms with Crippen molar-refractivity contribution >= 4 is 40.0 Å². The summed E-state index contributed by atoms with van der Waals surface area (Å²) in [6, 6.07) is 23.1. The van der Waals surface area contributed by atoms with Crippen molar-refractivity contribution in [2.75, 3.05) is 17.3 Å². The van der Waals surface area contributed by atoms with E-state index in [1.54, 1.807) is 24.9 Å². The normalized spacial score (nSPS) is 14.8. The molecule has 0 saturated heterocycles. The van der Waals surface area contributed by atoms with Gasteiger partial charge in [-0.2, -0.15) is 0 Å². The van der Waals surface area contributed by atoms with Gasteiger partial charge < -0.3 is 14.4 Å². The number of likely N-dealkylation sites (N-methyl/N-ethyl adjacent to an activating group) is 1. The minimum absolute atomic E-state index is 0.1000. The summed E-state index contributed by atoms with van der Waals surface area (Å²) in [7, 11) is 1.73. The number of hydrogen-bond donors (Lipinski definition) is 1. The smallest absolute Gasteiger partial charge is 0.267 e. The maximum atomic E-state index is 12.4. The van der Waals surface area contributed by atoms with Gasteiger partial charge in [0.15, 0.2) is 11.2 Å². The third-order valence-corrected chi connectivity index (χ3v) is 6.65. The third kappa shape index (κ3) is 5.70. The van der Waals surface area contributed by atoms with Crippen LogP contribution in [0.3, 0.4) is 0 Å². The maximum absolute atomic E-state index is 12.4. The molecule has 2 amide bonds. The van der Waals surface area contributed by atoms with Crippen molar-refractivity contribution in [2.45, 2.75) is 19.6 Å². The van der Waals surface area contributed by atoms with Crippen LogP contribution in [0, 0.1) is 0 Å². The average Bonchev–Trinajstić information content (AvgIpc) is 3.39. The molecule has 1 aromatic heterocycles. The number of carbonyl (C=O) groups excluding carboxylic acids is 2. The molecule has 0 radical (unpaired) electrons. The predicted octanol–water partition coefficient (Wildman–Crippen LogP) is 5.78. The summed E-state index contributed by atoms with van der Waals surface area (Å²) in [5.74, 6) is 1.04. The number of benzene rings is 3. The van der Waals surface area contributed by atoms with Crippen molar-refractivity contribution in [2.24, 2.45) is 0 Å². The molecule has 1 unspecified atom stereocenters. The molecule has 7 nitrogen and oxygen atoms in total. The Morgan fingerprint density at radius 1 is 1.14 bits per heavy atom. The van der Waals surface area contributed by atoms with E-state index in [0.717, 1.165) is 22.4 Å². The van der Waals surface area contributed by atoms with Gasteiger partial charge in [0.05, 0.1) is 11.4 Å². The molecule has 4 aromatic rings. The Labute approximate surface area is 219 Å². The van der Waals surface area contributed by atoms with E-state index in [2.05, 4.69) is 10.3 Å². The number of thiazole rings is 1. The molecule has 1 atom stereocenters. The van der Waals surface area contributed by atoms with Crippen LogP contribution in [0.2, 0.25) is 0 Å². The second-order valence-corrected chi connectivity index (χ2v) is 9.40. The van der Waals surface area contributed by atoms with Gasteiger partial charge in [-0.1, -0.05) is 42.5 Å². The highest BCUT2D eigenvalue weighted by atomic mass is 32.1. The minimum atomic E-state index is -0.511. The highest BCUT2D eigenvalue weighted by molar-refractivity contribution is 7.14. The number of ether oxygens (including phenoxy) is 2. The first-order valence-corrected chi connectivity index (χ1v) is 12.6. The average molecular weight is 512 g/mol. The number of rotatable bonds is 7. The molecular weight excluding hydrogens is 486 g/mol. The minimum Gasteiger partial charge on any atom is -0.489 e. The Kier molecular flexibility index (Phi) is 7.00. The fraction of sp³-hybridized carbons (Fsp3) is 0.138. The van der Waals surface area contributed by atoms with Crippen LogP contribution in [0.4, 0.5) is 10.8 Å². The van der Waals surface area contributed by atoms with E-state index in [1.165, 1.54) is 17.4 Å². The van der Waals surface area contributed by atoms with Crippen molar-refractivity contribution in [3.8, 4) is 22.8 Å². The fourth-order valence-electron chi connectivity index (χ4n) is 3.87. The van der Waals surface area contributed by atoms with E-state index in [1.807, 2.05) is 78.2 Å². The van der Waals surface area contributed by atoms with Crippen molar-refractivity contribution in [1.82, 2.24) is 4.98 Å². The lowest BCUT2D eigenvalue weighted by molar-refractivity contribution is -0.125. The lowest BCUT2D eigenvalue weighted by atomic mass is 10.1. The largest absolute Gasteiger partial charge is 0.489 e. The first kappa shape index (κ1) is 24.3. The second-order valence-electron chi connectivity index (χ2n) is 8.54. The predicted molar refractivity (Wildman–Crippen MR) is 146 cm³/mol. The van der Waals surface area contributed by atoms with Crippen LogP contribution in [0.25, 0.3) is 17.3 Å². The van der Waals surface area contributed by atoms with Gasteiger partial charge in [0.1, 0.15) is 18.1 Å². The Balaban J connectivity index is 1.18. The van der Waals surface area contributed by atoms with E-state index >= 15 is 0 Å². The van der Waals surface area contributed by atoms with Crippen molar-refractivity contribution in [3.63, 3.8) is 0 Å². The molecule has 3 aromatic carbocycles. The zero-order chi connectivity index (χ0) is 25.8. The molecule has 0 aliphatic carbocycles. The van der Waals surface area contributed by atoms with Gasteiger partial charge in [-0.25, -0.2) is 4.98 Å². The zero-order valence-corrected chi connectivity index (χ0v) is 21.2. The van der Waals surface area contributed by atoms with E-state index in [9.17, 15) is 9.59 Å². The quantitative estimate of drug-likeness (QED) is 0.318. The summed E-state index contributed by atoms with van der Waals surface area (Å²) in [6.07, 6.45) is 2.70. The summed E-state index contributed by atoms with van der Waals surface area (Å²) in [4.78, 5) is 30.8. The molecule has 1 N–H and O–H groups in total. The first-order valence-electron chi connectivity index (χ1n) is 11.8. The second kappa shape index (κ2) is 10.7. The fourth-order valence-corrected chi connectivity index (χ4v) is 4.59. The molecule has 186 valence electrons. The standard InChI is InChI=1S/C29H25N3O4S/c1-19-28(34)32(2)25-16-22(11-14-26(25)36-19)24-18-37-29(30-24)31-27(33)15-10-20-8-12-23(13-9-20)35-17-21-6-4-3-5-7-21/h3-16,18-19H,17H2,1-2H3,(H,30,31,33)/b15-10+. The van der Waals surface area contributed by atoms with Crippen LogP contribution in [0.5, 0.6) is 11.5 Å². The van der Waals surface area contributed by atoms with Gasteiger partial charge in [-0.15, -0.1) is 11.3 Å². The Hall–Kier alpha value is -4.43. The highest BCUT2D eigenvalue weighted by Gasteiger charge is 2.29. The number of aromatic nitrogens is 1. The number of fused-ring (bicyclic) bond motifs is 1. The van der Waals surface area contributed by atoms with Crippen molar-refractivity contribution < 1.29 is 19.1 Å². The van der Waals surface area contributed by atoms with Crippen LogP contribution >= 0.6 is 11.3 Å². The van der Waals surface area contributed by atoms with Gasteiger partial charge in [0, 0.05) is 24.1 Å². The van der Waals surface area contributed by atoms with Crippen LogP contribution < -0.4 is 19.7 Å². The van der Waals surface area contributed by atoms with E-state index in [0.29, 0.717) is 28.9 Å². The van der Waals surface area contributed by atoms with Crippen LogP contribution in [0.15, 0.2) is 84.3 Å². The van der Waals surface area contributed by atoms with E-state index < -0.39 is 6.10 Å². The molecule has 0 saturated carbocycles. The molecule has 5 rings (SSSR count). The molecular formula is C29H25N3O4S. The molecule has 8 heteroatoms. The summed E-state index contributed by atoms with van der Waals surface area (Å²) < 4.78 is 11.5. The number of carbonyl (C=O) groups is 2. The molecule has 2 heterocycles. The summed E-state index contributed by atoms with van der Waals surface area (Å²) in [6.45, 7) is 2.23. The van der Waals surface area contributed by atoms with Crippen LogP contribution in [-0.2, 0) is 16.2 Å². The summed E-state index contributed by atoms with van der Waals surface area (Å²) >= 11 is 1.33. The van der Waals surface area contributed by atoms with Crippen molar-refractivity contribution in [3.05, 3.63) is 95.4 Å². The number of nitrogens with zero attached hydrogens (tertiary/aromatic N) is 2. The number of anilines is 2. The van der Waals surface area contributed by atoms with Gasteiger partial charge in [-0.3, -0.25) is 14.9 Å². The molecule has 0 spiro atoms. The zero-order valence-electron chi connectivity index (χ0n) is 20.4. The third-order valence-electron chi connectivity index (χ3n) is 5.89. The molecule has 1 aliphatic rings. The summed E-state index contributed by atoms with van der Waals surface area (Å²) in [5, 5.41) is 5.16. The molecule has 0 fully saturated rings. The van der Waals surface area contributed by atoms with E-state index in [-0.39, 0.29) is 11.8 Å². The Morgan fingerprint density at radius 2 is 1.92 bits per heavy atom. The first-order chi connectivity index (χ1) is 18.0. The number of hydrogen-bond acceptors (Lipinski definition) is 6. The lowest BCUT2D eigenvalue weighted by Gasteiger charge is -2.30. The van der Waals surface area contributed by atoms with Gasteiger partial charge >= 0.3 is 0 Å². The molecule has 1 aliphatic heterocycles. The monoisotopic (exact) mass is 511 g/mol. The van der Waals surface area contributed by atoms with Gasteiger partial charge in [0.25, 0.3) is 5.91 Å². The maximum Gasteiger partial charge on any atom is 0.267 e. The number of nitrogens with one attached hydrogen (secondary N) is 1. The van der Waals surface area contributed by atoms with Gasteiger partial charge in [-0.05, 0) is 54.5 Å². The summed E-state index contributed by atoms with van der Waals surface area (Å²) in [5.41, 5.74) is 4.21. The highest BCUT2D eigenvalue weighted by Crippen LogP contribution is 2.37. The van der Waals surface area contributed by atoms with Crippen LogP contribution in [-0.4, -0.2) is 29.9 Å². The molecule has 0 bridgehead atoms. The molecule has 37 heavy (non-hydrogen) atoms. The lowest BCUT2D eigenvalue weighted by Crippen LogP contribution is -2.41. The van der Waals surface area contributed by atoms with Crippen LogP contribution in [0.1, 0.15) is 18.1 Å². The van der Waals surface area contributed by atoms with E-state index in [4.69, 9.17) is 9.47 Å². The van der Waals surface area contributed by atoms with Crippen molar-refractivity contribution in [1.29, 1.82) is 0 Å².